The predicted octanol–water partition coefficient (Wildman–Crippen LogP) is 2.42. The minimum absolute atomic E-state index is 0.534. The molecule has 1 aromatic heterocycles. The summed E-state index contributed by atoms with van der Waals surface area (Å²) in [6.07, 6.45) is 0. The fraction of sp³-hybridized carbons (Fsp3) is 0.167. The molecule has 0 aliphatic rings. The van der Waals surface area contributed by atoms with Crippen molar-refractivity contribution in [3.05, 3.63) is 35.7 Å². The van der Waals surface area contributed by atoms with Crippen molar-refractivity contribution < 1.29 is 4.52 Å². The van der Waals surface area contributed by atoms with Gasteiger partial charge in [0.15, 0.2) is 5.82 Å². The number of hydrogen-bond donors (Lipinski definition) is 0. The molecule has 3 heteroatoms. The van der Waals surface area contributed by atoms with Gasteiger partial charge in [-0.25, -0.2) is 0 Å². The van der Waals surface area contributed by atoms with Crippen molar-refractivity contribution in [2.24, 2.45) is 0 Å². The van der Waals surface area contributed by atoms with Crippen LogP contribution in [-0.2, 0) is 0 Å². The molecule has 0 aliphatic carbocycles. The second-order valence-electron chi connectivity index (χ2n) is 3.10. The lowest BCUT2D eigenvalue weighted by Gasteiger charge is -1.94. The van der Waals surface area contributed by atoms with E-state index in [1.54, 1.807) is 6.92 Å². The number of hydrogen-bond acceptors (Lipinski definition) is 3. The summed E-state index contributed by atoms with van der Waals surface area (Å²) in [7, 11) is 0. The minimum Gasteiger partial charge on any atom is -0.334 e. The van der Waals surface area contributed by atoms with Gasteiger partial charge in [0.25, 0.3) is 5.89 Å². The van der Waals surface area contributed by atoms with Crippen molar-refractivity contribution in [1.29, 1.82) is 0 Å². The maximum absolute atomic E-state index is 5.07. The van der Waals surface area contributed by atoms with Crippen LogP contribution in [0.4, 0.5) is 0 Å². The Morgan fingerprint density at radius 1 is 1.33 bits per heavy atom. The molecule has 0 amide bonds. The summed E-state index contributed by atoms with van der Waals surface area (Å²) in [6.45, 7) is 3.60. The lowest BCUT2D eigenvalue weighted by molar-refractivity contribution is 0.425. The molecule has 1 aromatic carbocycles. The summed E-state index contributed by atoms with van der Waals surface area (Å²) in [5.74, 6) is 7.01. The van der Waals surface area contributed by atoms with Gasteiger partial charge < -0.3 is 4.52 Å². The summed E-state index contributed by atoms with van der Waals surface area (Å²) < 4.78 is 5.07. The molecule has 1 heterocycles. The second kappa shape index (κ2) is 3.97. The van der Waals surface area contributed by atoms with Gasteiger partial charge in [-0.3, -0.25) is 0 Å². The smallest absolute Gasteiger partial charge is 0.257 e. The Labute approximate surface area is 88.1 Å². The summed E-state index contributed by atoms with van der Waals surface area (Å²) in [6, 6.07) is 7.73. The monoisotopic (exact) mass is 198 g/mol. The quantitative estimate of drug-likeness (QED) is 0.660. The van der Waals surface area contributed by atoms with Gasteiger partial charge in [-0.1, -0.05) is 17.1 Å². The van der Waals surface area contributed by atoms with Crippen LogP contribution in [0.1, 0.15) is 18.3 Å². The number of nitrogens with zero attached hydrogens (tertiary/aromatic N) is 2. The van der Waals surface area contributed by atoms with Gasteiger partial charge in [0.05, 0.1) is 0 Å². The molecule has 0 saturated carbocycles. The largest absolute Gasteiger partial charge is 0.334 e. The van der Waals surface area contributed by atoms with Crippen LogP contribution in [0.3, 0.4) is 0 Å². The summed E-state index contributed by atoms with van der Waals surface area (Å²) in [4.78, 5) is 4.16. The van der Waals surface area contributed by atoms with Crippen LogP contribution in [0, 0.1) is 18.8 Å². The molecule has 3 nitrogen and oxygen atoms in total. The zero-order valence-corrected chi connectivity index (χ0v) is 8.61. The normalized spacial score (nSPS) is 9.47. The van der Waals surface area contributed by atoms with Crippen molar-refractivity contribution in [1.82, 2.24) is 10.1 Å². The molecular formula is C12H10N2O. The molecule has 15 heavy (non-hydrogen) atoms. The van der Waals surface area contributed by atoms with Crippen LogP contribution in [-0.4, -0.2) is 10.1 Å². The van der Waals surface area contributed by atoms with E-state index in [0.29, 0.717) is 11.7 Å². The van der Waals surface area contributed by atoms with E-state index in [1.165, 1.54) is 0 Å². The van der Waals surface area contributed by atoms with E-state index in [4.69, 9.17) is 4.52 Å². The highest BCUT2D eigenvalue weighted by Crippen LogP contribution is 2.17. The van der Waals surface area contributed by atoms with Crippen LogP contribution < -0.4 is 0 Å². The molecule has 0 fully saturated rings. The molecule has 2 aromatic rings. The number of benzene rings is 1. The Morgan fingerprint density at radius 2 is 2.20 bits per heavy atom. The highest BCUT2D eigenvalue weighted by Gasteiger charge is 2.05. The van der Waals surface area contributed by atoms with Crippen LogP contribution in [0.2, 0.25) is 0 Å². The molecule has 0 atom stereocenters. The fourth-order valence-corrected chi connectivity index (χ4v) is 1.29. The highest BCUT2D eigenvalue weighted by atomic mass is 16.5. The van der Waals surface area contributed by atoms with Crippen molar-refractivity contribution in [3.63, 3.8) is 0 Å². The van der Waals surface area contributed by atoms with E-state index in [0.717, 1.165) is 11.1 Å². The van der Waals surface area contributed by atoms with Crippen molar-refractivity contribution >= 4 is 0 Å². The maximum atomic E-state index is 5.07. The molecule has 0 bridgehead atoms. The lowest BCUT2D eigenvalue weighted by atomic mass is 10.1. The lowest BCUT2D eigenvalue weighted by Crippen LogP contribution is -1.80. The molecule has 74 valence electrons. The molecule has 2 rings (SSSR count). The number of aromatic nitrogens is 2. The third kappa shape index (κ3) is 2.05. The number of rotatable bonds is 1. The third-order valence-corrected chi connectivity index (χ3v) is 1.91. The SMILES string of the molecule is CC#Cc1cccc(-c2nc(C)no2)c1. The zero-order valence-electron chi connectivity index (χ0n) is 8.61. The van der Waals surface area contributed by atoms with Crippen LogP contribution >= 0.6 is 0 Å². The topological polar surface area (TPSA) is 38.9 Å². The summed E-state index contributed by atoms with van der Waals surface area (Å²) in [5, 5.41) is 3.75. The Morgan fingerprint density at radius 3 is 2.87 bits per heavy atom. The first-order chi connectivity index (χ1) is 7.29. The minimum atomic E-state index is 0.534. The molecule has 0 N–H and O–H groups in total. The zero-order chi connectivity index (χ0) is 10.7. The average molecular weight is 198 g/mol. The summed E-state index contributed by atoms with van der Waals surface area (Å²) >= 11 is 0. The van der Waals surface area contributed by atoms with Gasteiger partial charge in [0.1, 0.15) is 0 Å². The van der Waals surface area contributed by atoms with E-state index in [2.05, 4.69) is 22.0 Å². The van der Waals surface area contributed by atoms with E-state index >= 15 is 0 Å². The fourth-order valence-electron chi connectivity index (χ4n) is 1.29. The van der Waals surface area contributed by atoms with Crippen LogP contribution in [0.5, 0.6) is 0 Å². The van der Waals surface area contributed by atoms with Crippen LogP contribution in [0.25, 0.3) is 11.5 Å². The Hall–Kier alpha value is -2.08. The van der Waals surface area contributed by atoms with Gasteiger partial charge in [-0.05, 0) is 32.0 Å². The maximum Gasteiger partial charge on any atom is 0.257 e. The van der Waals surface area contributed by atoms with Crippen molar-refractivity contribution in [2.75, 3.05) is 0 Å². The standard InChI is InChI=1S/C12H10N2O/c1-3-5-10-6-4-7-11(8-10)12-13-9(2)14-15-12/h4,6-8H,1-2H3. The van der Waals surface area contributed by atoms with Gasteiger partial charge in [-0.2, -0.15) is 4.98 Å². The molecule has 0 radical (unpaired) electrons. The Bertz CT molecular complexity index is 532. The summed E-state index contributed by atoms with van der Waals surface area (Å²) in [5.41, 5.74) is 1.85. The van der Waals surface area contributed by atoms with Gasteiger partial charge in [0, 0.05) is 11.1 Å². The first-order valence-corrected chi connectivity index (χ1v) is 4.63. The van der Waals surface area contributed by atoms with E-state index in [-0.39, 0.29) is 0 Å². The van der Waals surface area contributed by atoms with Crippen LogP contribution in [0.15, 0.2) is 28.8 Å². The Kier molecular flexibility index (Phi) is 2.51. The van der Waals surface area contributed by atoms with Crippen molar-refractivity contribution in [2.45, 2.75) is 13.8 Å². The first kappa shape index (κ1) is 9.47. The third-order valence-electron chi connectivity index (χ3n) is 1.91. The molecule has 0 spiro atoms. The molecular weight excluding hydrogens is 188 g/mol. The second-order valence-corrected chi connectivity index (χ2v) is 3.10. The van der Waals surface area contributed by atoms with Gasteiger partial charge in [0.2, 0.25) is 0 Å². The molecule has 0 unspecified atom stereocenters. The Balaban J connectivity index is 2.43. The molecule has 0 aliphatic heterocycles. The number of aryl methyl sites for hydroxylation is 1. The first-order valence-electron chi connectivity index (χ1n) is 4.63. The highest BCUT2D eigenvalue weighted by molar-refractivity contribution is 5.56. The van der Waals surface area contributed by atoms with Crippen molar-refractivity contribution in [3.8, 4) is 23.3 Å². The predicted molar refractivity (Wildman–Crippen MR) is 57.0 cm³/mol. The van der Waals surface area contributed by atoms with E-state index < -0.39 is 0 Å². The van der Waals surface area contributed by atoms with E-state index in [9.17, 15) is 0 Å². The average Bonchev–Trinajstić information content (AvgIpc) is 2.66. The van der Waals surface area contributed by atoms with Gasteiger partial charge in [-0.15, -0.1) is 5.92 Å². The van der Waals surface area contributed by atoms with E-state index in [1.807, 2.05) is 31.2 Å². The molecule has 0 saturated heterocycles. The van der Waals surface area contributed by atoms with Gasteiger partial charge >= 0.3 is 0 Å².